The maximum absolute atomic E-state index is 3.69. The van der Waals surface area contributed by atoms with Gasteiger partial charge in [0.1, 0.15) is 0 Å². The fourth-order valence-corrected chi connectivity index (χ4v) is 3.88. The highest BCUT2D eigenvalue weighted by atomic mass is 33.5. The summed E-state index contributed by atoms with van der Waals surface area (Å²) >= 11 is 0. The molecule has 0 bridgehead atoms. The second kappa shape index (κ2) is 3.54. The molecule has 0 aromatic heterocycles. The molecular formula is C5H6S3. The van der Waals surface area contributed by atoms with Gasteiger partial charge in [0, 0.05) is 0 Å². The van der Waals surface area contributed by atoms with Crippen molar-refractivity contribution in [2.75, 3.05) is 0 Å². The van der Waals surface area contributed by atoms with E-state index in [1.165, 1.54) is 0 Å². The fraction of sp³-hybridized carbons (Fsp3) is 0.200. The van der Waals surface area contributed by atoms with Gasteiger partial charge in [-0.15, -0.1) is 6.58 Å². The lowest BCUT2D eigenvalue weighted by molar-refractivity contribution is 1.45. The molecule has 44 valence electrons. The first-order valence-electron chi connectivity index (χ1n) is 2.21. The molecule has 0 fully saturated rings. The second-order valence-corrected chi connectivity index (χ2v) is 5.41. The molecule has 0 saturated heterocycles. The van der Waals surface area contributed by atoms with Gasteiger partial charge >= 0.3 is 0 Å². The summed E-state index contributed by atoms with van der Waals surface area (Å²) in [5, 5.41) is 2.63. The molecule has 0 radical (unpaired) electrons. The Morgan fingerprint density at radius 2 is 2.50 bits per heavy atom. The Kier molecular flexibility index (Phi) is 2.94. The van der Waals surface area contributed by atoms with Crippen LogP contribution >= 0.6 is 31.4 Å². The molecular weight excluding hydrogens is 156 g/mol. The fourth-order valence-electron chi connectivity index (χ4n) is 0.350. The monoisotopic (exact) mass is 162 g/mol. The summed E-state index contributed by atoms with van der Waals surface area (Å²) in [7, 11) is 5.41. The molecule has 0 aliphatic carbocycles. The van der Waals surface area contributed by atoms with Crippen LogP contribution in [0.2, 0.25) is 0 Å². The summed E-state index contributed by atoms with van der Waals surface area (Å²) in [6, 6.07) is 0. The SMILES string of the molecule is C=CC1C=CSSS1. The van der Waals surface area contributed by atoms with Gasteiger partial charge < -0.3 is 0 Å². The van der Waals surface area contributed by atoms with Crippen LogP contribution in [0.1, 0.15) is 0 Å². The predicted octanol–water partition coefficient (Wildman–Crippen LogP) is 3.10. The van der Waals surface area contributed by atoms with E-state index < -0.39 is 0 Å². The molecule has 0 aromatic rings. The molecule has 8 heavy (non-hydrogen) atoms. The van der Waals surface area contributed by atoms with Gasteiger partial charge in [-0.05, 0) is 15.2 Å². The Morgan fingerprint density at radius 3 is 2.88 bits per heavy atom. The summed E-state index contributed by atoms with van der Waals surface area (Å²) in [4.78, 5) is 0. The lowest BCUT2D eigenvalue weighted by Gasteiger charge is -2.07. The highest BCUT2D eigenvalue weighted by Gasteiger charge is 2.03. The average Bonchev–Trinajstić information content (AvgIpc) is 1.90. The summed E-state index contributed by atoms with van der Waals surface area (Å²) in [5.74, 6) is 0. The van der Waals surface area contributed by atoms with Crippen molar-refractivity contribution in [3.05, 3.63) is 24.1 Å². The molecule has 0 amide bonds. The lowest BCUT2D eigenvalue weighted by atomic mass is 10.4. The first kappa shape index (κ1) is 6.65. The zero-order valence-electron chi connectivity index (χ0n) is 4.24. The van der Waals surface area contributed by atoms with Crippen molar-refractivity contribution < 1.29 is 0 Å². The van der Waals surface area contributed by atoms with Crippen LogP contribution in [0.5, 0.6) is 0 Å². The zero-order valence-corrected chi connectivity index (χ0v) is 6.69. The maximum atomic E-state index is 3.69. The molecule has 0 N–H and O–H groups in total. The van der Waals surface area contributed by atoms with Crippen LogP contribution in [0.4, 0.5) is 0 Å². The Morgan fingerprint density at radius 1 is 1.62 bits per heavy atom. The van der Waals surface area contributed by atoms with Gasteiger partial charge in [0.05, 0.1) is 5.25 Å². The van der Waals surface area contributed by atoms with E-state index >= 15 is 0 Å². The minimum Gasteiger partial charge on any atom is -0.102 e. The summed E-state index contributed by atoms with van der Waals surface area (Å²) in [5.41, 5.74) is 0. The van der Waals surface area contributed by atoms with Gasteiger partial charge in [0.25, 0.3) is 0 Å². The molecule has 0 aromatic carbocycles. The smallest absolute Gasteiger partial charge is 0.0525 e. The van der Waals surface area contributed by atoms with Gasteiger partial charge in [-0.3, -0.25) is 0 Å². The Labute approximate surface area is 61.0 Å². The van der Waals surface area contributed by atoms with Crippen LogP contribution in [0.25, 0.3) is 0 Å². The Hall–Kier alpha value is 0.530. The van der Waals surface area contributed by atoms with E-state index in [0.29, 0.717) is 5.25 Å². The van der Waals surface area contributed by atoms with E-state index in [-0.39, 0.29) is 0 Å². The molecule has 0 spiro atoms. The first-order chi connectivity index (χ1) is 3.93. The number of rotatable bonds is 1. The standard InChI is InChI=1S/C5H6S3/c1-2-5-3-4-6-8-7-5/h2-5H,1H2. The minimum atomic E-state index is 0.529. The van der Waals surface area contributed by atoms with E-state index in [4.69, 9.17) is 0 Å². The van der Waals surface area contributed by atoms with E-state index in [1.54, 1.807) is 20.6 Å². The van der Waals surface area contributed by atoms with Crippen LogP contribution in [0.3, 0.4) is 0 Å². The van der Waals surface area contributed by atoms with Crippen molar-refractivity contribution in [3.63, 3.8) is 0 Å². The highest BCUT2D eigenvalue weighted by molar-refractivity contribution is 9.10. The average molecular weight is 162 g/mol. The van der Waals surface area contributed by atoms with Gasteiger partial charge in [0.2, 0.25) is 0 Å². The summed E-state index contributed by atoms with van der Waals surface area (Å²) in [6.45, 7) is 3.69. The third kappa shape index (κ3) is 1.80. The molecule has 1 atom stereocenters. The second-order valence-electron chi connectivity index (χ2n) is 1.29. The highest BCUT2D eigenvalue weighted by Crippen LogP contribution is 2.43. The van der Waals surface area contributed by atoms with Crippen molar-refractivity contribution in [3.8, 4) is 0 Å². The van der Waals surface area contributed by atoms with Crippen molar-refractivity contribution in [1.29, 1.82) is 0 Å². The van der Waals surface area contributed by atoms with Crippen molar-refractivity contribution in [2.45, 2.75) is 5.25 Å². The quantitative estimate of drug-likeness (QED) is 0.429. The van der Waals surface area contributed by atoms with Crippen molar-refractivity contribution >= 4 is 31.4 Å². The summed E-state index contributed by atoms with van der Waals surface area (Å²) < 4.78 is 0. The molecule has 1 heterocycles. The third-order valence-electron chi connectivity index (χ3n) is 0.746. The van der Waals surface area contributed by atoms with Gasteiger partial charge in [-0.2, -0.15) is 0 Å². The van der Waals surface area contributed by atoms with Gasteiger partial charge in [-0.1, -0.05) is 33.7 Å². The van der Waals surface area contributed by atoms with Crippen LogP contribution in [0, 0.1) is 0 Å². The van der Waals surface area contributed by atoms with Crippen LogP contribution < -0.4 is 0 Å². The molecule has 0 nitrogen and oxygen atoms in total. The zero-order chi connectivity index (χ0) is 5.82. The normalized spacial score (nSPS) is 27.8. The van der Waals surface area contributed by atoms with Gasteiger partial charge in [-0.25, -0.2) is 0 Å². The third-order valence-corrected chi connectivity index (χ3v) is 4.63. The minimum absolute atomic E-state index is 0.529. The molecule has 1 unspecified atom stereocenters. The Balaban J connectivity index is 2.42. The number of hydrogen-bond donors (Lipinski definition) is 0. The topological polar surface area (TPSA) is 0 Å². The first-order valence-corrected chi connectivity index (χ1v) is 5.82. The predicted molar refractivity (Wildman–Crippen MR) is 45.9 cm³/mol. The lowest BCUT2D eigenvalue weighted by Crippen LogP contribution is -1.88. The molecule has 3 heteroatoms. The van der Waals surface area contributed by atoms with E-state index in [0.717, 1.165) is 0 Å². The Bertz CT molecular complexity index is 108. The molecule has 0 saturated carbocycles. The molecule has 1 aliphatic heterocycles. The summed E-state index contributed by atoms with van der Waals surface area (Å²) in [6.07, 6.45) is 4.10. The molecule has 1 rings (SSSR count). The van der Waals surface area contributed by atoms with Crippen molar-refractivity contribution in [2.24, 2.45) is 0 Å². The van der Waals surface area contributed by atoms with Crippen LogP contribution in [0.15, 0.2) is 24.1 Å². The number of hydrogen-bond acceptors (Lipinski definition) is 3. The van der Waals surface area contributed by atoms with Crippen LogP contribution in [-0.2, 0) is 0 Å². The van der Waals surface area contributed by atoms with E-state index in [9.17, 15) is 0 Å². The van der Waals surface area contributed by atoms with Gasteiger partial charge in [0.15, 0.2) is 0 Å². The maximum Gasteiger partial charge on any atom is 0.0525 e. The largest absolute Gasteiger partial charge is 0.102 e. The van der Waals surface area contributed by atoms with Crippen molar-refractivity contribution in [1.82, 2.24) is 0 Å². The van der Waals surface area contributed by atoms with E-state index in [2.05, 4.69) is 18.1 Å². The van der Waals surface area contributed by atoms with E-state index in [1.807, 2.05) is 16.9 Å². The molecule has 1 aliphatic rings. The van der Waals surface area contributed by atoms with Crippen LogP contribution in [-0.4, -0.2) is 5.25 Å².